The monoisotopic (exact) mass is 1210 g/mol. The molecule has 9 unspecified atom stereocenters. The normalized spacial score (nSPS) is 18.9. The molecule has 1 saturated heterocycles. The molecule has 504 valence electrons. The van der Waals surface area contributed by atoms with Crippen molar-refractivity contribution >= 4 is 5.91 Å². The van der Waals surface area contributed by atoms with Crippen molar-refractivity contribution in [2.24, 2.45) is 0 Å². The Kier molecular flexibility index (Phi) is 60.3. The van der Waals surface area contributed by atoms with E-state index >= 15 is 0 Å². The third kappa shape index (κ3) is 50.0. The summed E-state index contributed by atoms with van der Waals surface area (Å²) in [5, 5.41) is 76.6. The topological polar surface area (TPSA) is 189 Å². The van der Waals surface area contributed by atoms with E-state index < -0.39 is 74.2 Å². The predicted octanol–water partition coefficient (Wildman–Crippen LogP) is 18.4. The first-order valence-electron chi connectivity index (χ1n) is 37.2. The summed E-state index contributed by atoms with van der Waals surface area (Å²) in [6, 6.07) is -1.19. The number of aliphatic hydroxyl groups excluding tert-OH is 7. The summed E-state index contributed by atoms with van der Waals surface area (Å²) in [4.78, 5) is 13.3. The van der Waals surface area contributed by atoms with Crippen LogP contribution in [0.25, 0.3) is 0 Å². The minimum atomic E-state index is -1.67. The zero-order valence-corrected chi connectivity index (χ0v) is 55.9. The first kappa shape index (κ1) is 81.6. The third-order valence-electron chi connectivity index (χ3n) is 18.2. The van der Waals surface area contributed by atoms with Crippen LogP contribution < -0.4 is 5.32 Å². The molecule has 1 amide bonds. The molecule has 11 heteroatoms. The Labute approximate surface area is 524 Å². The molecule has 1 rings (SSSR count). The van der Waals surface area contributed by atoms with Gasteiger partial charge in [-0.05, 0) is 51.4 Å². The second-order valence-corrected chi connectivity index (χ2v) is 26.4. The molecule has 85 heavy (non-hydrogen) atoms. The molecule has 11 nitrogen and oxygen atoms in total. The minimum absolute atomic E-state index is 0.250. The van der Waals surface area contributed by atoms with E-state index in [1.807, 2.05) is 0 Å². The van der Waals surface area contributed by atoms with Crippen LogP contribution in [0.5, 0.6) is 0 Å². The van der Waals surface area contributed by atoms with Gasteiger partial charge >= 0.3 is 0 Å². The Balaban J connectivity index is 2.19. The van der Waals surface area contributed by atoms with Gasteiger partial charge in [0.1, 0.15) is 36.6 Å². The van der Waals surface area contributed by atoms with Crippen molar-refractivity contribution in [2.75, 3.05) is 13.2 Å². The molecule has 8 N–H and O–H groups in total. The highest BCUT2D eigenvalue weighted by Gasteiger charge is 2.44. The molecule has 0 aliphatic carbocycles. The highest BCUT2D eigenvalue weighted by atomic mass is 16.7. The number of unbranched alkanes of at least 4 members (excludes halogenated alkanes) is 50. The zero-order chi connectivity index (χ0) is 61.7. The molecule has 1 aliphatic rings. The molecule has 0 bridgehead atoms. The fourth-order valence-corrected chi connectivity index (χ4v) is 12.3. The number of carbonyl (C=O) groups is 1. The number of allylic oxidation sites excluding steroid dienone is 4. The van der Waals surface area contributed by atoms with Crippen molar-refractivity contribution in [3.8, 4) is 0 Å². The van der Waals surface area contributed by atoms with Crippen molar-refractivity contribution in [2.45, 2.75) is 428 Å². The lowest BCUT2D eigenvalue weighted by Gasteiger charge is -2.40. The first-order chi connectivity index (χ1) is 41.7. The van der Waals surface area contributed by atoms with Crippen LogP contribution in [-0.2, 0) is 14.3 Å². The standard InChI is InChI=1S/C74H143NO10/c1-3-5-7-9-11-13-15-17-19-21-23-25-27-29-31-33-35-37-39-41-43-45-47-49-51-53-55-57-59-61-66(77)69(79)65(64-84-74-72(82)71(81)70(80)68(63-76)85-74)75-73(83)67(78)62-60-58-56-54-52-50-48-46-44-42-40-38-36-34-32-30-28-26-24-22-20-18-16-14-12-10-8-6-4-2/h45,47,53,55,65-72,74,76-82H,3-44,46,48-52,54,56-64H2,1-2H3,(H,75,83)/b47-45+,55-53+. The molecule has 1 fully saturated rings. The molecule has 0 radical (unpaired) electrons. The lowest BCUT2D eigenvalue weighted by atomic mass is 9.98. The van der Waals surface area contributed by atoms with Gasteiger partial charge in [-0.1, -0.05) is 346 Å². The molecule has 0 saturated carbocycles. The molecule has 0 aromatic carbocycles. The Bertz CT molecular complexity index is 1430. The van der Waals surface area contributed by atoms with Crippen LogP contribution in [0.3, 0.4) is 0 Å². The van der Waals surface area contributed by atoms with Crippen molar-refractivity contribution in [3.05, 3.63) is 24.3 Å². The van der Waals surface area contributed by atoms with Gasteiger partial charge in [0, 0.05) is 0 Å². The summed E-state index contributed by atoms with van der Waals surface area (Å²) in [6.07, 6.45) is 68.5. The molecular weight excluding hydrogens is 1060 g/mol. The van der Waals surface area contributed by atoms with Gasteiger partial charge in [-0.15, -0.1) is 0 Å². The van der Waals surface area contributed by atoms with Gasteiger partial charge in [0.2, 0.25) is 5.91 Å². The minimum Gasteiger partial charge on any atom is -0.394 e. The first-order valence-corrected chi connectivity index (χ1v) is 37.2. The number of aliphatic hydroxyl groups is 7. The summed E-state index contributed by atoms with van der Waals surface area (Å²) in [5.74, 6) is -0.702. The SMILES string of the molecule is CCCCCCCCCCCCCCCCCCCCCC/C=C/CC/C=C/CCCC(O)C(O)C(COC1OC(CO)C(O)C(O)C1O)NC(=O)C(O)CCCCCCCCCCCCCCCCCCCCCCCCCCCCCCC. The van der Waals surface area contributed by atoms with Gasteiger partial charge in [-0.3, -0.25) is 4.79 Å². The summed E-state index contributed by atoms with van der Waals surface area (Å²) < 4.78 is 11.2. The fourth-order valence-electron chi connectivity index (χ4n) is 12.3. The summed E-state index contributed by atoms with van der Waals surface area (Å²) in [6.45, 7) is 3.51. The maximum Gasteiger partial charge on any atom is 0.249 e. The molecule has 9 atom stereocenters. The second kappa shape index (κ2) is 62.8. The zero-order valence-electron chi connectivity index (χ0n) is 55.9. The number of nitrogens with one attached hydrogen (secondary N) is 1. The van der Waals surface area contributed by atoms with Crippen LogP contribution in [0.2, 0.25) is 0 Å². The van der Waals surface area contributed by atoms with E-state index in [-0.39, 0.29) is 12.8 Å². The van der Waals surface area contributed by atoms with E-state index in [0.717, 1.165) is 38.5 Å². The van der Waals surface area contributed by atoms with E-state index in [0.29, 0.717) is 19.3 Å². The predicted molar refractivity (Wildman–Crippen MR) is 358 cm³/mol. The highest BCUT2D eigenvalue weighted by molar-refractivity contribution is 5.80. The molecule has 0 spiro atoms. The van der Waals surface area contributed by atoms with Gasteiger partial charge in [0.15, 0.2) is 6.29 Å². The van der Waals surface area contributed by atoms with Gasteiger partial charge in [-0.2, -0.15) is 0 Å². The van der Waals surface area contributed by atoms with Crippen molar-refractivity contribution in [3.63, 3.8) is 0 Å². The Morgan fingerprint density at radius 3 is 1.05 bits per heavy atom. The molecular formula is C74H143NO10. The Morgan fingerprint density at radius 2 is 0.706 bits per heavy atom. The van der Waals surface area contributed by atoms with Crippen molar-refractivity contribution < 1.29 is 50.0 Å². The molecule has 1 heterocycles. The van der Waals surface area contributed by atoms with E-state index in [1.54, 1.807) is 0 Å². The second-order valence-electron chi connectivity index (χ2n) is 26.4. The third-order valence-corrected chi connectivity index (χ3v) is 18.2. The van der Waals surface area contributed by atoms with Crippen molar-refractivity contribution in [1.29, 1.82) is 0 Å². The van der Waals surface area contributed by atoms with Gasteiger partial charge < -0.3 is 50.5 Å². The van der Waals surface area contributed by atoms with Gasteiger partial charge in [0.25, 0.3) is 0 Å². The van der Waals surface area contributed by atoms with E-state index in [4.69, 9.17) is 9.47 Å². The largest absolute Gasteiger partial charge is 0.394 e. The number of carbonyl (C=O) groups excluding carboxylic acids is 1. The summed E-state index contributed by atoms with van der Waals surface area (Å²) in [5.41, 5.74) is 0. The van der Waals surface area contributed by atoms with Crippen LogP contribution in [0.15, 0.2) is 24.3 Å². The summed E-state index contributed by atoms with van der Waals surface area (Å²) in [7, 11) is 0. The lowest BCUT2D eigenvalue weighted by molar-refractivity contribution is -0.303. The Morgan fingerprint density at radius 1 is 0.400 bits per heavy atom. The smallest absolute Gasteiger partial charge is 0.249 e. The number of amides is 1. The van der Waals surface area contributed by atoms with Crippen molar-refractivity contribution in [1.82, 2.24) is 5.32 Å². The van der Waals surface area contributed by atoms with Crippen LogP contribution in [0.4, 0.5) is 0 Å². The van der Waals surface area contributed by atoms with Crippen LogP contribution in [0.1, 0.15) is 373 Å². The average molecular weight is 1210 g/mol. The average Bonchev–Trinajstić information content (AvgIpc) is 3.71. The Hall–Kier alpha value is -1.41. The molecule has 1 aliphatic heterocycles. The van der Waals surface area contributed by atoms with E-state index in [9.17, 15) is 40.5 Å². The van der Waals surface area contributed by atoms with E-state index in [2.05, 4.69) is 43.5 Å². The number of ether oxygens (including phenoxy) is 2. The number of rotatable bonds is 66. The summed E-state index contributed by atoms with van der Waals surface area (Å²) >= 11 is 0. The van der Waals surface area contributed by atoms with Crippen LogP contribution in [-0.4, -0.2) is 110 Å². The maximum absolute atomic E-state index is 13.3. The van der Waals surface area contributed by atoms with Crippen LogP contribution in [0, 0.1) is 0 Å². The van der Waals surface area contributed by atoms with Crippen LogP contribution >= 0.6 is 0 Å². The quantitative estimate of drug-likeness (QED) is 0.0215. The maximum atomic E-state index is 13.3. The van der Waals surface area contributed by atoms with Gasteiger partial charge in [0.05, 0.1) is 25.4 Å². The molecule has 0 aromatic heterocycles. The van der Waals surface area contributed by atoms with E-state index in [1.165, 1.54) is 289 Å². The highest BCUT2D eigenvalue weighted by Crippen LogP contribution is 2.24. The molecule has 0 aromatic rings. The number of hydrogen-bond donors (Lipinski definition) is 8. The number of hydrogen-bond acceptors (Lipinski definition) is 10. The van der Waals surface area contributed by atoms with Gasteiger partial charge in [-0.25, -0.2) is 0 Å². The lowest BCUT2D eigenvalue weighted by Crippen LogP contribution is -2.60. The fraction of sp³-hybridized carbons (Fsp3) is 0.932.